The van der Waals surface area contributed by atoms with Crippen molar-refractivity contribution >= 4 is 23.1 Å². The van der Waals surface area contributed by atoms with Crippen molar-refractivity contribution in [3.63, 3.8) is 0 Å². The van der Waals surface area contributed by atoms with Crippen LogP contribution in [0.25, 0.3) is 5.57 Å². The van der Waals surface area contributed by atoms with Crippen LogP contribution in [0, 0.1) is 13.8 Å². The van der Waals surface area contributed by atoms with Crippen molar-refractivity contribution in [2.24, 2.45) is 0 Å². The highest BCUT2D eigenvalue weighted by Gasteiger charge is 2.39. The molecule has 0 unspecified atom stereocenters. The van der Waals surface area contributed by atoms with Crippen molar-refractivity contribution in [2.75, 3.05) is 18.5 Å². The van der Waals surface area contributed by atoms with Crippen LogP contribution < -0.4 is 10.1 Å². The number of hydrogen-bond donors (Lipinski definition) is 1. The van der Waals surface area contributed by atoms with Gasteiger partial charge in [-0.2, -0.15) is 0 Å². The summed E-state index contributed by atoms with van der Waals surface area (Å²) in [7, 11) is 0. The van der Waals surface area contributed by atoms with E-state index in [0.717, 1.165) is 28.2 Å². The first-order valence-corrected chi connectivity index (χ1v) is 10.4. The Bertz CT molecular complexity index is 1090. The number of imide groups is 1. The molecular weight excluding hydrogens is 437 g/mol. The molecular formula is C24H25F3N2O4. The lowest BCUT2D eigenvalue weighted by Gasteiger charge is -2.16. The van der Waals surface area contributed by atoms with Gasteiger partial charge >= 0.3 is 6.36 Å². The molecule has 0 saturated carbocycles. The van der Waals surface area contributed by atoms with Gasteiger partial charge in [0.05, 0.1) is 24.8 Å². The largest absolute Gasteiger partial charge is 0.573 e. The lowest BCUT2D eigenvalue weighted by molar-refractivity contribution is -0.274. The van der Waals surface area contributed by atoms with E-state index in [9.17, 15) is 22.8 Å². The van der Waals surface area contributed by atoms with Crippen molar-refractivity contribution in [3.05, 3.63) is 64.9 Å². The number of alkyl halides is 3. The Morgan fingerprint density at radius 1 is 1.00 bits per heavy atom. The average Bonchev–Trinajstić information content (AvgIpc) is 2.93. The summed E-state index contributed by atoms with van der Waals surface area (Å²) in [5.74, 6) is -1.52. The first-order chi connectivity index (χ1) is 15.5. The van der Waals surface area contributed by atoms with Gasteiger partial charge in [0.25, 0.3) is 11.8 Å². The fourth-order valence-corrected chi connectivity index (χ4v) is 3.35. The van der Waals surface area contributed by atoms with Crippen molar-refractivity contribution < 1.29 is 32.2 Å². The van der Waals surface area contributed by atoms with Gasteiger partial charge in [0, 0.05) is 11.8 Å². The number of halogens is 3. The number of nitrogens with one attached hydrogen (secondary N) is 1. The van der Waals surface area contributed by atoms with E-state index in [2.05, 4.69) is 10.1 Å². The Morgan fingerprint density at radius 2 is 1.73 bits per heavy atom. The lowest BCUT2D eigenvalue weighted by atomic mass is 9.99. The van der Waals surface area contributed by atoms with Gasteiger partial charge < -0.3 is 14.8 Å². The van der Waals surface area contributed by atoms with Crippen LogP contribution in [0.15, 0.2) is 48.2 Å². The molecule has 1 aliphatic heterocycles. The summed E-state index contributed by atoms with van der Waals surface area (Å²) >= 11 is 0. The third-order valence-electron chi connectivity index (χ3n) is 5.07. The van der Waals surface area contributed by atoms with Crippen molar-refractivity contribution in [2.45, 2.75) is 40.2 Å². The van der Waals surface area contributed by atoms with Gasteiger partial charge in [0.1, 0.15) is 11.4 Å². The molecule has 1 aliphatic rings. The molecule has 0 atom stereocenters. The second-order valence-electron chi connectivity index (χ2n) is 7.93. The molecule has 0 fully saturated rings. The Balaban J connectivity index is 1.98. The number of amides is 2. The summed E-state index contributed by atoms with van der Waals surface area (Å²) in [5, 5.41) is 2.84. The van der Waals surface area contributed by atoms with E-state index in [4.69, 9.17) is 4.74 Å². The Labute approximate surface area is 190 Å². The molecule has 9 heteroatoms. The smallest absolute Gasteiger partial charge is 0.406 e. The average molecular weight is 462 g/mol. The number of hydrogen-bond acceptors (Lipinski definition) is 5. The predicted molar refractivity (Wildman–Crippen MR) is 117 cm³/mol. The van der Waals surface area contributed by atoms with Crippen LogP contribution in [0.4, 0.5) is 18.9 Å². The molecule has 6 nitrogen and oxygen atoms in total. The quantitative estimate of drug-likeness (QED) is 0.570. The molecule has 3 rings (SSSR count). The summed E-state index contributed by atoms with van der Waals surface area (Å²) < 4.78 is 47.2. The first-order valence-electron chi connectivity index (χ1n) is 10.4. The van der Waals surface area contributed by atoms with Crippen LogP contribution >= 0.6 is 0 Å². The topological polar surface area (TPSA) is 67.9 Å². The number of carbonyl (C=O) groups is 2. The van der Waals surface area contributed by atoms with E-state index in [0.29, 0.717) is 5.56 Å². The third-order valence-corrected chi connectivity index (χ3v) is 5.07. The molecule has 33 heavy (non-hydrogen) atoms. The standard InChI is InChI=1S/C24H25F3N2O4/c1-14(2)32-11-10-29-22(30)20(17-9-8-15(3)16(4)12-17)21(23(29)31)28-18-6-5-7-19(13-18)33-24(25,26)27/h5-9,12-14,28H,10-11H2,1-4H3. The molecule has 0 bridgehead atoms. The molecule has 1 N–H and O–H groups in total. The maximum Gasteiger partial charge on any atom is 0.573 e. The summed E-state index contributed by atoms with van der Waals surface area (Å²) in [4.78, 5) is 27.5. The second-order valence-corrected chi connectivity index (χ2v) is 7.93. The van der Waals surface area contributed by atoms with Gasteiger partial charge in [-0.25, -0.2) is 0 Å². The van der Waals surface area contributed by atoms with Gasteiger partial charge in [-0.3, -0.25) is 14.5 Å². The van der Waals surface area contributed by atoms with E-state index in [1.807, 2.05) is 33.8 Å². The van der Waals surface area contributed by atoms with E-state index >= 15 is 0 Å². The number of benzene rings is 2. The number of rotatable bonds is 8. The normalized spacial score (nSPS) is 14.5. The fraction of sp³-hybridized carbons (Fsp3) is 0.333. The SMILES string of the molecule is Cc1ccc(C2=C(Nc3cccc(OC(F)(F)F)c3)C(=O)N(CCOC(C)C)C2=O)cc1C. The highest BCUT2D eigenvalue weighted by atomic mass is 19.4. The Morgan fingerprint density at radius 3 is 2.36 bits per heavy atom. The minimum absolute atomic E-state index is 0.0167. The summed E-state index contributed by atoms with van der Waals surface area (Å²) in [6.07, 6.45) is -4.92. The zero-order valence-corrected chi connectivity index (χ0v) is 18.7. The van der Waals surface area contributed by atoms with Crippen molar-refractivity contribution in [3.8, 4) is 5.75 Å². The summed E-state index contributed by atoms with van der Waals surface area (Å²) in [6, 6.07) is 10.5. The third kappa shape index (κ3) is 5.92. The zero-order valence-electron chi connectivity index (χ0n) is 18.7. The van der Waals surface area contributed by atoms with Crippen molar-refractivity contribution in [1.82, 2.24) is 4.90 Å². The van der Waals surface area contributed by atoms with Crippen molar-refractivity contribution in [1.29, 1.82) is 0 Å². The van der Waals surface area contributed by atoms with Gasteiger partial charge in [0.15, 0.2) is 0 Å². The monoisotopic (exact) mass is 462 g/mol. The number of carbonyl (C=O) groups excluding carboxylic acids is 2. The summed E-state index contributed by atoms with van der Waals surface area (Å²) in [5.41, 5.74) is 2.79. The number of nitrogens with zero attached hydrogens (tertiary/aromatic N) is 1. The van der Waals surface area contributed by atoms with Crippen LogP contribution in [0.1, 0.15) is 30.5 Å². The maximum absolute atomic E-state index is 13.2. The molecule has 176 valence electrons. The highest BCUT2D eigenvalue weighted by molar-refractivity contribution is 6.36. The van der Waals surface area contributed by atoms with Gasteiger partial charge in [0.2, 0.25) is 0 Å². The number of aryl methyl sites for hydroxylation is 2. The van der Waals surface area contributed by atoms with E-state index in [1.54, 1.807) is 12.1 Å². The van der Waals surface area contributed by atoms with E-state index < -0.39 is 23.9 Å². The molecule has 0 spiro atoms. The number of ether oxygens (including phenoxy) is 2. The number of anilines is 1. The Hall–Kier alpha value is -3.33. The molecule has 1 heterocycles. The van der Waals surface area contributed by atoms with Gasteiger partial charge in [-0.1, -0.05) is 24.3 Å². The molecule has 0 aliphatic carbocycles. The first kappa shape index (κ1) is 24.3. The predicted octanol–water partition coefficient (Wildman–Crippen LogP) is 4.82. The van der Waals surface area contributed by atoms with Crippen LogP contribution in [0.5, 0.6) is 5.75 Å². The fourth-order valence-electron chi connectivity index (χ4n) is 3.35. The summed E-state index contributed by atoms with van der Waals surface area (Å²) in [6.45, 7) is 7.71. The van der Waals surface area contributed by atoms with E-state index in [1.165, 1.54) is 12.1 Å². The molecule has 2 amide bonds. The van der Waals surface area contributed by atoms with Gasteiger partial charge in [-0.15, -0.1) is 13.2 Å². The Kier molecular flexibility index (Phi) is 7.12. The molecule has 2 aromatic rings. The molecule has 0 radical (unpaired) electrons. The lowest BCUT2D eigenvalue weighted by Crippen LogP contribution is -2.35. The molecule has 0 saturated heterocycles. The van der Waals surface area contributed by atoms with Crippen LogP contribution in [-0.4, -0.2) is 42.3 Å². The van der Waals surface area contributed by atoms with Gasteiger partial charge in [-0.05, 0) is 56.5 Å². The minimum Gasteiger partial charge on any atom is -0.406 e. The van der Waals surface area contributed by atoms with Crippen LogP contribution in [-0.2, 0) is 14.3 Å². The zero-order chi connectivity index (χ0) is 24.3. The highest BCUT2D eigenvalue weighted by Crippen LogP contribution is 2.32. The minimum atomic E-state index is -4.85. The van der Waals surface area contributed by atoms with Crippen LogP contribution in [0.3, 0.4) is 0 Å². The molecule has 2 aromatic carbocycles. The maximum atomic E-state index is 13.2. The molecule has 0 aromatic heterocycles. The van der Waals surface area contributed by atoms with E-state index in [-0.39, 0.29) is 36.2 Å². The second kappa shape index (κ2) is 9.66. The van der Waals surface area contributed by atoms with Crippen LogP contribution in [0.2, 0.25) is 0 Å².